The van der Waals surface area contributed by atoms with E-state index in [4.69, 9.17) is 0 Å². The molecule has 0 spiro atoms. The van der Waals surface area contributed by atoms with E-state index >= 15 is 0 Å². The van der Waals surface area contributed by atoms with Gasteiger partial charge in [0, 0.05) is 0 Å². The van der Waals surface area contributed by atoms with Crippen molar-refractivity contribution < 1.29 is 0 Å². The molecule has 0 saturated heterocycles. The molecule has 0 aromatic heterocycles. The van der Waals surface area contributed by atoms with E-state index in [1.165, 1.54) is 92.9 Å². The van der Waals surface area contributed by atoms with Crippen LogP contribution in [-0.2, 0) is 0 Å². The number of unbranched alkanes of at least 4 members (excludes halogenated alkanes) is 4. The highest BCUT2D eigenvalue weighted by Crippen LogP contribution is 2.34. The van der Waals surface area contributed by atoms with Crippen LogP contribution >= 0.6 is 0 Å². The molecule has 0 amide bonds. The smallest absolute Gasteiger partial charge is 0.0184 e. The Morgan fingerprint density at radius 3 is 2.00 bits per heavy atom. The average Bonchev–Trinajstić information content (AvgIpc) is 2.81. The number of allylic oxidation sites excluding steroid dienone is 2. The maximum atomic E-state index is 2.52. The van der Waals surface area contributed by atoms with Crippen molar-refractivity contribution in [2.45, 2.75) is 97.3 Å². The third-order valence-electron chi connectivity index (χ3n) is 7.04. The molecule has 2 unspecified atom stereocenters. The summed E-state index contributed by atoms with van der Waals surface area (Å²) in [4.78, 5) is 0. The van der Waals surface area contributed by atoms with E-state index in [1.54, 1.807) is 5.57 Å². The van der Waals surface area contributed by atoms with E-state index in [9.17, 15) is 0 Å². The second kappa shape index (κ2) is 12.1. The Bertz CT molecular complexity index is 763. The quantitative estimate of drug-likeness (QED) is 0.328. The van der Waals surface area contributed by atoms with Crippen LogP contribution in [0.2, 0.25) is 0 Å². The second-order valence-corrected chi connectivity index (χ2v) is 9.46. The lowest BCUT2D eigenvalue weighted by molar-refractivity contribution is 0.425. The predicted molar refractivity (Wildman–Crippen MR) is 134 cm³/mol. The van der Waals surface area contributed by atoms with E-state index in [-0.39, 0.29) is 0 Å². The molecule has 0 nitrogen and oxygen atoms in total. The molecule has 2 aromatic rings. The molecular formula is C30H42. The molecule has 1 aliphatic carbocycles. The molecule has 0 heteroatoms. The summed E-state index contributed by atoms with van der Waals surface area (Å²) in [7, 11) is 0. The zero-order valence-electron chi connectivity index (χ0n) is 19.6. The minimum absolute atomic E-state index is 0.662. The summed E-state index contributed by atoms with van der Waals surface area (Å²) in [6, 6.07) is 18.5. The lowest BCUT2D eigenvalue weighted by Crippen LogP contribution is -2.05. The van der Waals surface area contributed by atoms with Gasteiger partial charge < -0.3 is 0 Å². The van der Waals surface area contributed by atoms with Gasteiger partial charge in [-0.2, -0.15) is 0 Å². The van der Waals surface area contributed by atoms with E-state index in [0.717, 1.165) is 5.92 Å². The molecule has 1 aliphatic rings. The highest BCUT2D eigenvalue weighted by molar-refractivity contribution is 5.71. The van der Waals surface area contributed by atoms with Crippen molar-refractivity contribution in [3.05, 3.63) is 65.7 Å². The fourth-order valence-corrected chi connectivity index (χ4v) is 4.83. The fraction of sp³-hybridized carbons (Fsp3) is 0.533. The van der Waals surface area contributed by atoms with E-state index in [1.807, 2.05) is 0 Å². The SMILES string of the molecule is CCCCCCC1CC=C(c2ccc(-c3ccc(C(C)CCCC)cc3)cc2)CC1. The summed E-state index contributed by atoms with van der Waals surface area (Å²) < 4.78 is 0. The van der Waals surface area contributed by atoms with Crippen molar-refractivity contribution in [3.63, 3.8) is 0 Å². The lowest BCUT2D eigenvalue weighted by Gasteiger charge is -2.22. The van der Waals surface area contributed by atoms with Crippen LogP contribution in [0.1, 0.15) is 108 Å². The summed E-state index contributed by atoms with van der Waals surface area (Å²) >= 11 is 0. The number of rotatable bonds is 11. The average molecular weight is 403 g/mol. The van der Waals surface area contributed by atoms with Gasteiger partial charge in [0.25, 0.3) is 0 Å². The Kier molecular flexibility index (Phi) is 9.25. The number of benzene rings is 2. The minimum Gasteiger partial charge on any atom is -0.0804 e. The zero-order chi connectivity index (χ0) is 21.2. The molecule has 0 bridgehead atoms. The van der Waals surface area contributed by atoms with Crippen LogP contribution in [0.5, 0.6) is 0 Å². The Morgan fingerprint density at radius 1 is 0.767 bits per heavy atom. The van der Waals surface area contributed by atoms with Gasteiger partial charge in [-0.3, -0.25) is 0 Å². The van der Waals surface area contributed by atoms with E-state index < -0.39 is 0 Å². The normalized spacial score (nSPS) is 17.6. The third kappa shape index (κ3) is 6.59. The van der Waals surface area contributed by atoms with Gasteiger partial charge in [-0.05, 0) is 65.3 Å². The second-order valence-electron chi connectivity index (χ2n) is 9.46. The van der Waals surface area contributed by atoms with Crippen molar-refractivity contribution >= 4 is 5.57 Å². The molecule has 0 fully saturated rings. The van der Waals surface area contributed by atoms with Crippen LogP contribution in [0.3, 0.4) is 0 Å². The van der Waals surface area contributed by atoms with Crippen LogP contribution in [0.15, 0.2) is 54.6 Å². The van der Waals surface area contributed by atoms with Gasteiger partial charge >= 0.3 is 0 Å². The first-order chi connectivity index (χ1) is 14.7. The first-order valence-corrected chi connectivity index (χ1v) is 12.6. The molecule has 30 heavy (non-hydrogen) atoms. The summed E-state index contributed by atoms with van der Waals surface area (Å²) in [5.74, 6) is 1.58. The highest BCUT2D eigenvalue weighted by Gasteiger charge is 2.15. The standard InChI is InChI=1S/C30H42/c1-4-6-8-9-11-25-12-14-27(15-13-25)29-20-22-30(23-21-29)28-18-16-26(17-19-28)24(3)10-7-5-2/h14,16-25H,4-13,15H2,1-3H3. The monoisotopic (exact) mass is 402 g/mol. The predicted octanol–water partition coefficient (Wildman–Crippen LogP) is 9.80. The highest BCUT2D eigenvalue weighted by atomic mass is 14.2. The van der Waals surface area contributed by atoms with Crippen molar-refractivity contribution in [1.82, 2.24) is 0 Å². The molecule has 162 valence electrons. The van der Waals surface area contributed by atoms with E-state index in [2.05, 4.69) is 75.4 Å². The van der Waals surface area contributed by atoms with Crippen LogP contribution in [-0.4, -0.2) is 0 Å². The van der Waals surface area contributed by atoms with Crippen LogP contribution in [0, 0.1) is 5.92 Å². The first kappa shape index (κ1) is 22.9. The van der Waals surface area contributed by atoms with Crippen LogP contribution in [0.25, 0.3) is 16.7 Å². The Balaban J connectivity index is 1.55. The molecule has 2 aromatic carbocycles. The summed E-state index contributed by atoms with van der Waals surface area (Å²) in [5, 5.41) is 0. The number of hydrogen-bond donors (Lipinski definition) is 0. The first-order valence-electron chi connectivity index (χ1n) is 12.6. The van der Waals surface area contributed by atoms with Gasteiger partial charge in [0.1, 0.15) is 0 Å². The van der Waals surface area contributed by atoms with Gasteiger partial charge in [-0.1, -0.05) is 120 Å². The van der Waals surface area contributed by atoms with Crippen molar-refractivity contribution in [2.75, 3.05) is 0 Å². The largest absolute Gasteiger partial charge is 0.0804 e. The summed E-state index contributed by atoms with van der Waals surface area (Å²) in [6.07, 6.45) is 17.3. The fourth-order valence-electron chi connectivity index (χ4n) is 4.83. The summed E-state index contributed by atoms with van der Waals surface area (Å²) in [5.41, 5.74) is 7.12. The van der Waals surface area contributed by atoms with Gasteiger partial charge in [0.05, 0.1) is 0 Å². The molecule has 0 heterocycles. The molecule has 2 atom stereocenters. The zero-order valence-corrected chi connectivity index (χ0v) is 19.6. The van der Waals surface area contributed by atoms with Gasteiger partial charge in [0.15, 0.2) is 0 Å². The lowest BCUT2D eigenvalue weighted by atomic mass is 9.83. The minimum atomic E-state index is 0.662. The Labute approximate surface area is 185 Å². The van der Waals surface area contributed by atoms with Crippen LogP contribution < -0.4 is 0 Å². The van der Waals surface area contributed by atoms with Crippen molar-refractivity contribution in [1.29, 1.82) is 0 Å². The molecule has 0 N–H and O–H groups in total. The number of hydrogen-bond acceptors (Lipinski definition) is 0. The van der Waals surface area contributed by atoms with Gasteiger partial charge in [0.2, 0.25) is 0 Å². The Morgan fingerprint density at radius 2 is 1.40 bits per heavy atom. The molecular weight excluding hydrogens is 360 g/mol. The molecule has 0 saturated carbocycles. The van der Waals surface area contributed by atoms with Crippen molar-refractivity contribution in [2.24, 2.45) is 5.92 Å². The van der Waals surface area contributed by atoms with Crippen molar-refractivity contribution in [3.8, 4) is 11.1 Å². The van der Waals surface area contributed by atoms with Gasteiger partial charge in [-0.15, -0.1) is 0 Å². The third-order valence-corrected chi connectivity index (χ3v) is 7.04. The maximum Gasteiger partial charge on any atom is -0.0184 e. The molecule has 0 radical (unpaired) electrons. The van der Waals surface area contributed by atoms with Crippen LogP contribution in [0.4, 0.5) is 0 Å². The van der Waals surface area contributed by atoms with E-state index in [0.29, 0.717) is 5.92 Å². The maximum absolute atomic E-state index is 2.52. The van der Waals surface area contributed by atoms with Gasteiger partial charge in [-0.25, -0.2) is 0 Å². The Hall–Kier alpha value is -1.82. The topological polar surface area (TPSA) is 0 Å². The summed E-state index contributed by atoms with van der Waals surface area (Å²) in [6.45, 7) is 6.92. The molecule has 3 rings (SSSR count). The molecule has 0 aliphatic heterocycles.